The van der Waals surface area contributed by atoms with Gasteiger partial charge in [0, 0.05) is 6.42 Å². The lowest BCUT2D eigenvalue weighted by molar-refractivity contribution is -0.138. The monoisotopic (exact) mass is 322 g/mol. The minimum Gasteiger partial charge on any atom is -0.435 e. The summed E-state index contributed by atoms with van der Waals surface area (Å²) in [5.41, 5.74) is 0. The summed E-state index contributed by atoms with van der Waals surface area (Å²) in [6.07, 6.45) is 24.4. The van der Waals surface area contributed by atoms with Gasteiger partial charge in [0.25, 0.3) is 0 Å². The SMILES string of the molecule is C=COC(=O)CCCCCCCC/C=C\CCCCCCCC. The first kappa shape index (κ1) is 21.9. The largest absolute Gasteiger partial charge is 0.435 e. The molecule has 0 rings (SSSR count). The van der Waals surface area contributed by atoms with Crippen molar-refractivity contribution >= 4 is 5.97 Å². The maximum Gasteiger partial charge on any atom is 0.310 e. The zero-order valence-corrected chi connectivity index (χ0v) is 15.4. The van der Waals surface area contributed by atoms with Crippen LogP contribution in [0.15, 0.2) is 25.0 Å². The number of ether oxygens (including phenoxy) is 1. The summed E-state index contributed by atoms with van der Waals surface area (Å²) < 4.78 is 4.68. The van der Waals surface area contributed by atoms with Crippen molar-refractivity contribution in [2.24, 2.45) is 0 Å². The Bertz CT molecular complexity index is 294. The maximum absolute atomic E-state index is 11.1. The van der Waals surface area contributed by atoms with Crippen LogP contribution in [0, 0.1) is 0 Å². The zero-order valence-electron chi connectivity index (χ0n) is 15.4. The van der Waals surface area contributed by atoms with E-state index in [4.69, 9.17) is 0 Å². The van der Waals surface area contributed by atoms with Crippen LogP contribution in [0.1, 0.15) is 103 Å². The van der Waals surface area contributed by atoms with E-state index in [0.717, 1.165) is 12.8 Å². The first-order chi connectivity index (χ1) is 11.3. The number of allylic oxidation sites excluding steroid dienone is 2. The Balaban J connectivity index is 3.13. The third-order valence-corrected chi connectivity index (χ3v) is 4.11. The van der Waals surface area contributed by atoms with Gasteiger partial charge in [-0.2, -0.15) is 0 Å². The third kappa shape index (κ3) is 18.9. The quantitative estimate of drug-likeness (QED) is 0.123. The molecule has 0 fully saturated rings. The molecular formula is C21H38O2. The zero-order chi connectivity index (χ0) is 17.0. The van der Waals surface area contributed by atoms with E-state index in [1.54, 1.807) is 0 Å². The van der Waals surface area contributed by atoms with Gasteiger partial charge >= 0.3 is 5.97 Å². The highest BCUT2D eigenvalue weighted by atomic mass is 16.5. The molecule has 0 bridgehead atoms. The number of carbonyl (C=O) groups is 1. The molecule has 0 saturated heterocycles. The summed E-state index contributed by atoms with van der Waals surface area (Å²) in [6.45, 7) is 5.64. The van der Waals surface area contributed by atoms with E-state index in [1.165, 1.54) is 83.3 Å². The highest BCUT2D eigenvalue weighted by Gasteiger charge is 1.99. The molecule has 0 radical (unpaired) electrons. The first-order valence-corrected chi connectivity index (χ1v) is 9.76. The second-order valence-corrected chi connectivity index (χ2v) is 6.34. The number of unbranched alkanes of at least 4 members (excludes halogenated alkanes) is 12. The van der Waals surface area contributed by atoms with Gasteiger partial charge in [0.2, 0.25) is 0 Å². The van der Waals surface area contributed by atoms with Gasteiger partial charge in [-0.25, -0.2) is 0 Å². The van der Waals surface area contributed by atoms with Crippen LogP contribution in [0.25, 0.3) is 0 Å². The Hall–Kier alpha value is -1.05. The van der Waals surface area contributed by atoms with Gasteiger partial charge in [0.1, 0.15) is 0 Å². The Morgan fingerprint density at radius 3 is 1.78 bits per heavy atom. The molecule has 0 aromatic carbocycles. The third-order valence-electron chi connectivity index (χ3n) is 4.11. The molecule has 0 aliphatic heterocycles. The van der Waals surface area contributed by atoms with Crippen LogP contribution >= 0.6 is 0 Å². The number of hydrogen-bond acceptors (Lipinski definition) is 2. The lowest BCUT2D eigenvalue weighted by Crippen LogP contribution is -1.98. The molecule has 134 valence electrons. The predicted molar refractivity (Wildman–Crippen MR) is 100 cm³/mol. The normalized spacial score (nSPS) is 11.0. The van der Waals surface area contributed by atoms with Crippen LogP contribution in [0.5, 0.6) is 0 Å². The van der Waals surface area contributed by atoms with Crippen molar-refractivity contribution in [1.29, 1.82) is 0 Å². The molecule has 0 unspecified atom stereocenters. The van der Waals surface area contributed by atoms with E-state index >= 15 is 0 Å². The summed E-state index contributed by atoms with van der Waals surface area (Å²) in [5.74, 6) is -0.157. The van der Waals surface area contributed by atoms with Gasteiger partial charge in [-0.15, -0.1) is 0 Å². The fourth-order valence-corrected chi connectivity index (χ4v) is 2.67. The average Bonchev–Trinajstić information content (AvgIpc) is 2.54. The molecule has 0 aliphatic rings. The van der Waals surface area contributed by atoms with Gasteiger partial charge in [-0.3, -0.25) is 4.79 Å². The highest BCUT2D eigenvalue weighted by molar-refractivity contribution is 5.69. The van der Waals surface area contributed by atoms with Crippen LogP contribution in [0.3, 0.4) is 0 Å². The van der Waals surface area contributed by atoms with Crippen LogP contribution in [0.4, 0.5) is 0 Å². The summed E-state index contributed by atoms with van der Waals surface area (Å²) in [4.78, 5) is 11.1. The summed E-state index contributed by atoms with van der Waals surface area (Å²) >= 11 is 0. The number of hydrogen-bond donors (Lipinski definition) is 0. The van der Waals surface area contributed by atoms with Gasteiger partial charge in [-0.1, -0.05) is 83.4 Å². The molecule has 0 aromatic heterocycles. The summed E-state index contributed by atoms with van der Waals surface area (Å²) in [5, 5.41) is 0. The lowest BCUT2D eigenvalue weighted by atomic mass is 10.1. The lowest BCUT2D eigenvalue weighted by Gasteiger charge is -2.01. The van der Waals surface area contributed by atoms with E-state index in [2.05, 4.69) is 30.4 Å². The predicted octanol–water partition coefficient (Wildman–Crippen LogP) is 7.10. The van der Waals surface area contributed by atoms with Crippen LogP contribution in [-0.2, 0) is 9.53 Å². The van der Waals surface area contributed by atoms with Crippen molar-refractivity contribution < 1.29 is 9.53 Å². The molecule has 0 atom stereocenters. The number of rotatable bonds is 17. The van der Waals surface area contributed by atoms with Crippen molar-refractivity contribution in [1.82, 2.24) is 0 Å². The van der Waals surface area contributed by atoms with Gasteiger partial charge < -0.3 is 4.74 Å². The Kier molecular flexibility index (Phi) is 18.1. The Morgan fingerprint density at radius 2 is 1.26 bits per heavy atom. The summed E-state index contributed by atoms with van der Waals surface area (Å²) in [6, 6.07) is 0. The molecular weight excluding hydrogens is 284 g/mol. The minimum atomic E-state index is -0.157. The maximum atomic E-state index is 11.1. The highest BCUT2D eigenvalue weighted by Crippen LogP contribution is 2.10. The van der Waals surface area contributed by atoms with Crippen LogP contribution in [0.2, 0.25) is 0 Å². The minimum absolute atomic E-state index is 0.157. The van der Waals surface area contributed by atoms with Crippen molar-refractivity contribution in [2.45, 2.75) is 103 Å². The molecule has 0 aliphatic carbocycles. The average molecular weight is 323 g/mol. The smallest absolute Gasteiger partial charge is 0.310 e. The molecule has 2 nitrogen and oxygen atoms in total. The van der Waals surface area contributed by atoms with Gasteiger partial charge in [-0.05, 0) is 32.1 Å². The van der Waals surface area contributed by atoms with Gasteiger partial charge in [0.05, 0.1) is 6.26 Å². The Labute approximate surface area is 144 Å². The molecule has 0 aromatic rings. The summed E-state index contributed by atoms with van der Waals surface area (Å²) in [7, 11) is 0. The van der Waals surface area contributed by atoms with Crippen LogP contribution in [-0.4, -0.2) is 5.97 Å². The number of carbonyl (C=O) groups excluding carboxylic acids is 1. The molecule has 0 amide bonds. The molecule has 0 spiro atoms. The first-order valence-electron chi connectivity index (χ1n) is 9.76. The second kappa shape index (κ2) is 19.0. The second-order valence-electron chi connectivity index (χ2n) is 6.34. The van der Waals surface area contributed by atoms with Crippen molar-refractivity contribution in [2.75, 3.05) is 0 Å². The molecule has 23 heavy (non-hydrogen) atoms. The molecule has 0 saturated carbocycles. The van der Waals surface area contributed by atoms with E-state index in [-0.39, 0.29) is 5.97 Å². The molecule has 0 heterocycles. The molecule has 0 N–H and O–H groups in total. The fraction of sp³-hybridized carbons (Fsp3) is 0.762. The standard InChI is InChI=1S/C21H38O2/c1-3-5-6-7-8-9-10-11-12-13-14-15-16-17-18-19-20-21(22)23-4-2/h4,11-12H,2-3,5-10,13-20H2,1H3/b12-11-. The van der Waals surface area contributed by atoms with Gasteiger partial charge in [0.15, 0.2) is 0 Å². The van der Waals surface area contributed by atoms with Crippen molar-refractivity contribution in [3.63, 3.8) is 0 Å². The van der Waals surface area contributed by atoms with Crippen LogP contribution < -0.4 is 0 Å². The van der Waals surface area contributed by atoms with E-state index in [0.29, 0.717) is 6.42 Å². The van der Waals surface area contributed by atoms with Crippen molar-refractivity contribution in [3.05, 3.63) is 25.0 Å². The topological polar surface area (TPSA) is 26.3 Å². The number of esters is 1. The van der Waals surface area contributed by atoms with E-state index in [1.807, 2.05) is 0 Å². The van der Waals surface area contributed by atoms with E-state index < -0.39 is 0 Å². The van der Waals surface area contributed by atoms with E-state index in [9.17, 15) is 4.79 Å². The molecule has 2 heteroatoms. The van der Waals surface area contributed by atoms with Crippen molar-refractivity contribution in [3.8, 4) is 0 Å². The Morgan fingerprint density at radius 1 is 0.783 bits per heavy atom. The fourth-order valence-electron chi connectivity index (χ4n) is 2.67.